The van der Waals surface area contributed by atoms with E-state index in [0.717, 1.165) is 17.2 Å². The van der Waals surface area contributed by atoms with Gasteiger partial charge in [-0.15, -0.1) is 11.8 Å². The largest absolute Gasteiger partial charge is 0.497 e. The molecule has 0 atom stereocenters. The third kappa shape index (κ3) is 3.43. The molecule has 2 aromatic carbocycles. The van der Waals surface area contributed by atoms with E-state index in [1.54, 1.807) is 18.9 Å². The van der Waals surface area contributed by atoms with Crippen molar-refractivity contribution in [3.63, 3.8) is 0 Å². The van der Waals surface area contributed by atoms with Crippen molar-refractivity contribution < 1.29 is 4.74 Å². The first-order valence-electron chi connectivity index (χ1n) is 5.39. The number of methoxy groups -OCH3 is 1. The Hall–Kier alpha value is -1.61. The molecule has 0 aromatic heterocycles. The summed E-state index contributed by atoms with van der Waals surface area (Å²) in [6.45, 7) is 0. The first kappa shape index (κ1) is 11.9. The van der Waals surface area contributed by atoms with Gasteiger partial charge in [-0.3, -0.25) is 0 Å². The molecule has 0 unspecified atom stereocenters. The van der Waals surface area contributed by atoms with Crippen LogP contribution in [0.4, 0.5) is 5.69 Å². The van der Waals surface area contributed by atoms with Gasteiger partial charge in [-0.1, -0.05) is 12.1 Å². The summed E-state index contributed by atoms with van der Waals surface area (Å²) in [4.78, 5) is 1.24. The van der Waals surface area contributed by atoms with Crippen LogP contribution >= 0.6 is 11.8 Å². The van der Waals surface area contributed by atoms with Crippen molar-refractivity contribution in [3.05, 3.63) is 54.1 Å². The van der Waals surface area contributed by atoms with E-state index in [4.69, 9.17) is 10.5 Å². The van der Waals surface area contributed by atoms with Gasteiger partial charge in [0.15, 0.2) is 0 Å². The Morgan fingerprint density at radius 2 is 1.65 bits per heavy atom. The second-order valence-electron chi connectivity index (χ2n) is 3.71. The SMILES string of the molecule is COc1ccc(SCc2ccc(N)cc2)cc1. The Morgan fingerprint density at radius 3 is 2.24 bits per heavy atom. The average molecular weight is 245 g/mol. The minimum atomic E-state index is 0.809. The highest BCUT2D eigenvalue weighted by Gasteiger charge is 1.97. The summed E-state index contributed by atoms with van der Waals surface area (Å²) in [6, 6.07) is 16.1. The molecule has 0 amide bonds. The molecule has 0 saturated heterocycles. The van der Waals surface area contributed by atoms with Crippen molar-refractivity contribution in [2.75, 3.05) is 12.8 Å². The number of anilines is 1. The number of thioether (sulfide) groups is 1. The molecular weight excluding hydrogens is 230 g/mol. The van der Waals surface area contributed by atoms with Crippen LogP contribution in [0.3, 0.4) is 0 Å². The highest BCUT2D eigenvalue weighted by molar-refractivity contribution is 7.98. The first-order valence-corrected chi connectivity index (χ1v) is 6.38. The number of ether oxygens (including phenoxy) is 1. The average Bonchev–Trinajstić information content (AvgIpc) is 2.39. The van der Waals surface area contributed by atoms with Crippen LogP contribution < -0.4 is 10.5 Å². The molecule has 2 nitrogen and oxygen atoms in total. The molecule has 2 aromatic rings. The van der Waals surface area contributed by atoms with Gasteiger partial charge < -0.3 is 10.5 Å². The predicted molar refractivity (Wildman–Crippen MR) is 73.4 cm³/mol. The summed E-state index contributed by atoms with van der Waals surface area (Å²) >= 11 is 1.80. The standard InChI is InChI=1S/C14H15NOS/c1-16-13-6-8-14(9-7-13)17-10-11-2-4-12(15)5-3-11/h2-9H,10,15H2,1H3. The maximum absolute atomic E-state index is 5.65. The lowest BCUT2D eigenvalue weighted by molar-refractivity contribution is 0.414. The van der Waals surface area contributed by atoms with Gasteiger partial charge in [0.25, 0.3) is 0 Å². The highest BCUT2D eigenvalue weighted by atomic mass is 32.2. The molecule has 2 N–H and O–H groups in total. The Bertz CT molecular complexity index is 465. The second kappa shape index (κ2) is 5.64. The van der Waals surface area contributed by atoms with Gasteiger partial charge in [-0.2, -0.15) is 0 Å². The number of benzene rings is 2. The van der Waals surface area contributed by atoms with Crippen LogP contribution in [0.15, 0.2) is 53.4 Å². The molecule has 0 aliphatic heterocycles. The van der Waals surface area contributed by atoms with Crippen molar-refractivity contribution in [1.29, 1.82) is 0 Å². The Balaban J connectivity index is 1.95. The number of hydrogen-bond donors (Lipinski definition) is 1. The first-order chi connectivity index (χ1) is 8.28. The molecule has 88 valence electrons. The van der Waals surface area contributed by atoms with Crippen molar-refractivity contribution in [2.45, 2.75) is 10.6 Å². The molecular formula is C14H15NOS. The monoisotopic (exact) mass is 245 g/mol. The topological polar surface area (TPSA) is 35.2 Å². The zero-order valence-electron chi connectivity index (χ0n) is 9.72. The summed E-state index contributed by atoms with van der Waals surface area (Å²) < 4.78 is 5.12. The molecule has 0 bridgehead atoms. The molecule has 2 rings (SSSR count). The van der Waals surface area contributed by atoms with E-state index >= 15 is 0 Å². The van der Waals surface area contributed by atoms with E-state index < -0.39 is 0 Å². The van der Waals surface area contributed by atoms with Crippen LogP contribution in [-0.2, 0) is 5.75 Å². The van der Waals surface area contributed by atoms with Crippen LogP contribution in [0.5, 0.6) is 5.75 Å². The van der Waals surface area contributed by atoms with Crippen LogP contribution in [0.1, 0.15) is 5.56 Å². The number of nitrogens with two attached hydrogens (primary N) is 1. The van der Waals surface area contributed by atoms with Crippen LogP contribution in [-0.4, -0.2) is 7.11 Å². The number of nitrogen functional groups attached to an aromatic ring is 1. The van der Waals surface area contributed by atoms with E-state index in [1.165, 1.54) is 10.5 Å². The second-order valence-corrected chi connectivity index (χ2v) is 4.75. The minimum Gasteiger partial charge on any atom is -0.497 e. The van der Waals surface area contributed by atoms with Crippen molar-refractivity contribution >= 4 is 17.4 Å². The van der Waals surface area contributed by atoms with Crippen LogP contribution in [0, 0.1) is 0 Å². The molecule has 17 heavy (non-hydrogen) atoms. The van der Waals surface area contributed by atoms with Gasteiger partial charge in [0.05, 0.1) is 7.11 Å². The van der Waals surface area contributed by atoms with E-state index in [1.807, 2.05) is 24.3 Å². The lowest BCUT2D eigenvalue weighted by Crippen LogP contribution is -1.86. The molecule has 0 spiro atoms. The van der Waals surface area contributed by atoms with Gasteiger partial charge in [0.2, 0.25) is 0 Å². The predicted octanol–water partition coefficient (Wildman–Crippen LogP) is 3.57. The number of hydrogen-bond acceptors (Lipinski definition) is 3. The summed E-state index contributed by atoms with van der Waals surface area (Å²) in [5.41, 5.74) is 7.73. The molecule has 3 heteroatoms. The summed E-state index contributed by atoms with van der Waals surface area (Å²) in [5, 5.41) is 0. The third-order valence-electron chi connectivity index (χ3n) is 2.44. The normalized spacial score (nSPS) is 10.2. The molecule has 0 radical (unpaired) electrons. The van der Waals surface area contributed by atoms with Crippen molar-refractivity contribution in [2.24, 2.45) is 0 Å². The summed E-state index contributed by atoms with van der Waals surface area (Å²) in [7, 11) is 1.68. The van der Waals surface area contributed by atoms with Crippen LogP contribution in [0.25, 0.3) is 0 Å². The zero-order valence-corrected chi connectivity index (χ0v) is 10.5. The molecule has 0 aliphatic rings. The van der Waals surface area contributed by atoms with Crippen LogP contribution in [0.2, 0.25) is 0 Å². The smallest absolute Gasteiger partial charge is 0.118 e. The van der Waals surface area contributed by atoms with Gasteiger partial charge >= 0.3 is 0 Å². The third-order valence-corrected chi connectivity index (χ3v) is 3.53. The van der Waals surface area contributed by atoms with E-state index in [0.29, 0.717) is 0 Å². The Morgan fingerprint density at radius 1 is 1.00 bits per heavy atom. The van der Waals surface area contributed by atoms with E-state index in [-0.39, 0.29) is 0 Å². The van der Waals surface area contributed by atoms with Gasteiger partial charge in [-0.25, -0.2) is 0 Å². The lowest BCUT2D eigenvalue weighted by Gasteiger charge is -2.04. The van der Waals surface area contributed by atoms with E-state index in [2.05, 4.69) is 24.3 Å². The quantitative estimate of drug-likeness (QED) is 0.660. The molecule has 0 aliphatic carbocycles. The maximum atomic E-state index is 5.65. The maximum Gasteiger partial charge on any atom is 0.118 e. The van der Waals surface area contributed by atoms with Crippen molar-refractivity contribution in [3.8, 4) is 5.75 Å². The van der Waals surface area contributed by atoms with Gasteiger partial charge in [0.1, 0.15) is 5.75 Å². The summed E-state index contributed by atoms with van der Waals surface area (Å²) in [6.07, 6.45) is 0. The zero-order chi connectivity index (χ0) is 12.1. The number of rotatable bonds is 4. The molecule has 0 heterocycles. The van der Waals surface area contributed by atoms with Crippen molar-refractivity contribution in [1.82, 2.24) is 0 Å². The fourth-order valence-corrected chi connectivity index (χ4v) is 2.31. The van der Waals surface area contributed by atoms with E-state index in [9.17, 15) is 0 Å². The fraction of sp³-hybridized carbons (Fsp3) is 0.143. The Labute approximate surface area is 106 Å². The highest BCUT2D eigenvalue weighted by Crippen LogP contribution is 2.25. The van der Waals surface area contributed by atoms with Gasteiger partial charge in [-0.05, 0) is 42.0 Å². The fourth-order valence-electron chi connectivity index (χ4n) is 1.45. The molecule has 0 saturated carbocycles. The van der Waals surface area contributed by atoms with Gasteiger partial charge in [0, 0.05) is 16.3 Å². The lowest BCUT2D eigenvalue weighted by atomic mass is 10.2. The molecule has 0 fully saturated rings. The summed E-state index contributed by atoms with van der Waals surface area (Å²) in [5.74, 6) is 1.84. The Kier molecular flexibility index (Phi) is 3.94. The minimum absolute atomic E-state index is 0.809.